The van der Waals surface area contributed by atoms with Gasteiger partial charge in [-0.05, 0) is 30.5 Å². The summed E-state index contributed by atoms with van der Waals surface area (Å²) < 4.78 is 0. The molecule has 0 atom stereocenters. The molecule has 0 aliphatic rings. The first-order valence-electron chi connectivity index (χ1n) is 4.52. The van der Waals surface area contributed by atoms with Crippen LogP contribution >= 0.6 is 0 Å². The van der Waals surface area contributed by atoms with Gasteiger partial charge in [0.2, 0.25) is 12.2 Å². The topological polar surface area (TPSA) is 58.9 Å². The minimum Gasteiger partial charge on any atom is -0.211 e. The lowest BCUT2D eigenvalue weighted by molar-refractivity contribution is 0.564. The Morgan fingerprint density at radius 1 is 1.20 bits per heavy atom. The van der Waals surface area contributed by atoms with E-state index in [-0.39, 0.29) is 0 Å². The van der Waals surface area contributed by atoms with Gasteiger partial charge in [0.05, 0.1) is 0 Å². The van der Waals surface area contributed by atoms with Crippen molar-refractivity contribution >= 4 is 23.5 Å². The minimum atomic E-state index is 0.350. The van der Waals surface area contributed by atoms with E-state index >= 15 is 0 Å². The van der Waals surface area contributed by atoms with Crippen LogP contribution in [0.25, 0.3) is 0 Å². The van der Waals surface area contributed by atoms with Crippen LogP contribution in [0.3, 0.4) is 0 Å². The Balaban J connectivity index is 3.49. The number of aliphatic imine (C=N–C) groups is 2. The second kappa shape index (κ2) is 5.01. The Hall–Kier alpha value is -2.02. The minimum absolute atomic E-state index is 0.350. The van der Waals surface area contributed by atoms with Crippen molar-refractivity contribution in [2.45, 2.75) is 20.3 Å². The van der Waals surface area contributed by atoms with E-state index in [0.717, 1.165) is 17.5 Å². The van der Waals surface area contributed by atoms with Crippen LogP contribution in [0.1, 0.15) is 18.1 Å². The predicted molar refractivity (Wildman–Crippen MR) is 56.1 cm³/mol. The molecule has 0 unspecified atom stereocenters. The van der Waals surface area contributed by atoms with Gasteiger partial charge in [0, 0.05) is 0 Å². The highest BCUT2D eigenvalue weighted by Gasteiger charge is 2.07. The molecule has 0 saturated carbocycles. The molecule has 0 radical (unpaired) electrons. The van der Waals surface area contributed by atoms with Crippen LogP contribution in [0, 0.1) is 6.92 Å². The summed E-state index contributed by atoms with van der Waals surface area (Å²) in [7, 11) is 0. The maximum absolute atomic E-state index is 10.3. The first-order chi connectivity index (χ1) is 7.24. The van der Waals surface area contributed by atoms with Gasteiger partial charge in [-0.25, -0.2) is 9.59 Å². The maximum atomic E-state index is 10.3. The number of rotatable bonds is 3. The van der Waals surface area contributed by atoms with Crippen molar-refractivity contribution in [1.82, 2.24) is 0 Å². The lowest BCUT2D eigenvalue weighted by Gasteiger charge is -2.06. The maximum Gasteiger partial charge on any atom is 0.240 e. The summed E-state index contributed by atoms with van der Waals surface area (Å²) in [6.45, 7) is 3.83. The summed E-state index contributed by atoms with van der Waals surface area (Å²) >= 11 is 0. The lowest BCUT2D eigenvalue weighted by atomic mass is 10.0. The zero-order chi connectivity index (χ0) is 11.3. The molecule has 0 N–H and O–H groups in total. The fourth-order valence-corrected chi connectivity index (χ4v) is 1.44. The third-order valence-corrected chi connectivity index (χ3v) is 2.23. The highest BCUT2D eigenvalue weighted by Crippen LogP contribution is 2.33. The average molecular weight is 202 g/mol. The van der Waals surface area contributed by atoms with E-state index in [1.54, 1.807) is 6.07 Å². The smallest absolute Gasteiger partial charge is 0.211 e. The van der Waals surface area contributed by atoms with Gasteiger partial charge in [-0.3, -0.25) is 0 Å². The number of benzene rings is 1. The molecule has 0 bridgehead atoms. The summed E-state index contributed by atoms with van der Waals surface area (Å²) in [6, 6.07) is 3.50. The van der Waals surface area contributed by atoms with Crippen LogP contribution in [0.15, 0.2) is 22.1 Å². The number of aryl methyl sites for hydroxylation is 1. The molecular weight excluding hydrogens is 192 g/mol. The SMILES string of the molecule is CCc1ccc(N=C=O)c(N=C=O)c1C. The number of hydrogen-bond donors (Lipinski definition) is 0. The van der Waals surface area contributed by atoms with Gasteiger partial charge in [-0.2, -0.15) is 9.98 Å². The molecule has 0 fully saturated rings. The number of carbonyl (C=O) groups excluding carboxylic acids is 2. The summed E-state index contributed by atoms with van der Waals surface area (Å²) in [5, 5.41) is 0. The molecule has 1 aromatic rings. The van der Waals surface area contributed by atoms with E-state index in [0.29, 0.717) is 11.4 Å². The molecule has 0 amide bonds. The highest BCUT2D eigenvalue weighted by molar-refractivity contribution is 5.72. The molecular formula is C11H10N2O2. The molecule has 1 aromatic carbocycles. The third kappa shape index (κ3) is 2.26. The van der Waals surface area contributed by atoms with E-state index in [2.05, 4.69) is 9.98 Å². The lowest BCUT2D eigenvalue weighted by Crippen LogP contribution is -1.86. The average Bonchev–Trinajstić information content (AvgIpc) is 2.24. The Labute approximate surface area is 87.4 Å². The van der Waals surface area contributed by atoms with Gasteiger partial charge in [0.15, 0.2) is 0 Å². The normalized spacial score (nSPS) is 8.93. The van der Waals surface area contributed by atoms with Crippen molar-refractivity contribution < 1.29 is 9.59 Å². The van der Waals surface area contributed by atoms with Gasteiger partial charge in [-0.15, -0.1) is 0 Å². The van der Waals surface area contributed by atoms with E-state index in [1.807, 2.05) is 19.9 Å². The summed E-state index contributed by atoms with van der Waals surface area (Å²) in [6.07, 6.45) is 3.72. The van der Waals surface area contributed by atoms with Crippen LogP contribution in [0.5, 0.6) is 0 Å². The molecule has 0 aliphatic heterocycles. The zero-order valence-electron chi connectivity index (χ0n) is 8.57. The fraction of sp³-hybridized carbons (Fsp3) is 0.273. The quantitative estimate of drug-likeness (QED) is 0.558. The summed E-state index contributed by atoms with van der Waals surface area (Å²) in [4.78, 5) is 27.5. The van der Waals surface area contributed by atoms with Gasteiger partial charge < -0.3 is 0 Å². The van der Waals surface area contributed by atoms with Crippen molar-refractivity contribution in [3.8, 4) is 0 Å². The predicted octanol–water partition coefficient (Wildman–Crippen LogP) is 2.49. The van der Waals surface area contributed by atoms with Crippen LogP contribution in [0.2, 0.25) is 0 Å². The second-order valence-electron chi connectivity index (χ2n) is 2.98. The molecule has 0 aromatic heterocycles. The monoisotopic (exact) mass is 202 g/mol. The van der Waals surface area contributed by atoms with Gasteiger partial charge >= 0.3 is 0 Å². The van der Waals surface area contributed by atoms with Crippen molar-refractivity contribution in [3.63, 3.8) is 0 Å². The van der Waals surface area contributed by atoms with Crippen molar-refractivity contribution in [1.29, 1.82) is 0 Å². The molecule has 15 heavy (non-hydrogen) atoms. The van der Waals surface area contributed by atoms with E-state index in [4.69, 9.17) is 0 Å². The van der Waals surface area contributed by atoms with E-state index in [1.165, 1.54) is 12.2 Å². The first kappa shape index (κ1) is 11.1. The molecule has 4 heteroatoms. The van der Waals surface area contributed by atoms with Crippen molar-refractivity contribution in [2.24, 2.45) is 9.98 Å². The number of nitrogens with zero attached hydrogens (tertiary/aromatic N) is 2. The van der Waals surface area contributed by atoms with Crippen LogP contribution in [-0.2, 0) is 16.0 Å². The largest absolute Gasteiger partial charge is 0.240 e. The second-order valence-corrected chi connectivity index (χ2v) is 2.98. The molecule has 0 aliphatic carbocycles. The molecule has 0 spiro atoms. The Morgan fingerprint density at radius 3 is 2.40 bits per heavy atom. The fourth-order valence-electron chi connectivity index (χ4n) is 1.44. The van der Waals surface area contributed by atoms with Crippen LogP contribution < -0.4 is 0 Å². The molecule has 0 heterocycles. The number of hydrogen-bond acceptors (Lipinski definition) is 4. The molecule has 4 nitrogen and oxygen atoms in total. The highest BCUT2D eigenvalue weighted by atomic mass is 16.1. The summed E-state index contributed by atoms with van der Waals surface area (Å²) in [5.74, 6) is 0. The van der Waals surface area contributed by atoms with Gasteiger partial charge in [0.1, 0.15) is 11.4 Å². The Morgan fingerprint density at radius 2 is 1.87 bits per heavy atom. The zero-order valence-corrected chi connectivity index (χ0v) is 8.57. The molecule has 0 saturated heterocycles. The van der Waals surface area contributed by atoms with Gasteiger partial charge in [0.25, 0.3) is 0 Å². The van der Waals surface area contributed by atoms with Crippen molar-refractivity contribution in [2.75, 3.05) is 0 Å². The van der Waals surface area contributed by atoms with E-state index < -0.39 is 0 Å². The Bertz CT molecular complexity index is 468. The van der Waals surface area contributed by atoms with Gasteiger partial charge in [-0.1, -0.05) is 13.0 Å². The van der Waals surface area contributed by atoms with Crippen molar-refractivity contribution in [3.05, 3.63) is 23.3 Å². The summed E-state index contributed by atoms with van der Waals surface area (Å²) in [5.41, 5.74) is 2.65. The third-order valence-electron chi connectivity index (χ3n) is 2.23. The van der Waals surface area contributed by atoms with Crippen LogP contribution in [-0.4, -0.2) is 12.2 Å². The first-order valence-corrected chi connectivity index (χ1v) is 4.52. The number of isocyanates is 2. The standard InChI is InChI=1S/C11H10N2O2/c1-3-9-4-5-10(12-6-14)11(8(9)2)13-7-15/h4-5H,3H2,1-2H3. The van der Waals surface area contributed by atoms with Crippen LogP contribution in [0.4, 0.5) is 11.4 Å². The molecule has 1 rings (SSSR count). The Kier molecular flexibility index (Phi) is 3.69. The van der Waals surface area contributed by atoms with E-state index in [9.17, 15) is 9.59 Å². The molecule has 76 valence electrons.